The van der Waals surface area contributed by atoms with E-state index >= 15 is 0 Å². The molecule has 0 radical (unpaired) electrons. The van der Waals surface area contributed by atoms with Gasteiger partial charge in [0.2, 0.25) is 10.0 Å². The zero-order valence-corrected chi connectivity index (χ0v) is 16.9. The smallest absolute Gasteiger partial charge is 0.365 e. The van der Waals surface area contributed by atoms with E-state index in [2.05, 4.69) is 5.16 Å². The van der Waals surface area contributed by atoms with Crippen LogP contribution in [0.3, 0.4) is 0 Å². The van der Waals surface area contributed by atoms with Crippen LogP contribution in [-0.4, -0.2) is 57.5 Å². The maximum atomic E-state index is 12.6. The number of oxime groups is 1. The molecule has 1 fully saturated rings. The summed E-state index contributed by atoms with van der Waals surface area (Å²) in [6, 6.07) is 13.3. The van der Waals surface area contributed by atoms with E-state index in [4.69, 9.17) is 9.57 Å². The van der Waals surface area contributed by atoms with Crippen molar-refractivity contribution in [3.63, 3.8) is 0 Å². The van der Waals surface area contributed by atoms with Crippen molar-refractivity contribution < 1.29 is 22.8 Å². The average Bonchev–Trinajstić information content (AvgIpc) is 2.75. The summed E-state index contributed by atoms with van der Waals surface area (Å²) in [5.41, 5.74) is 1.02. The van der Waals surface area contributed by atoms with E-state index in [9.17, 15) is 13.2 Å². The molecule has 0 unspecified atom stereocenters. The SMILES string of the molecule is CSc1ccc(C=NOC(=O)c2ccc(S(=O)(=O)N3CCOCC3)cc2)cc1. The first-order chi connectivity index (χ1) is 13.5. The summed E-state index contributed by atoms with van der Waals surface area (Å²) in [7, 11) is -3.59. The van der Waals surface area contributed by atoms with Crippen molar-refractivity contribution >= 4 is 34.0 Å². The molecule has 7 nitrogen and oxygen atoms in total. The number of nitrogens with zero attached hydrogens (tertiary/aromatic N) is 2. The summed E-state index contributed by atoms with van der Waals surface area (Å²) in [6.07, 6.45) is 3.43. The first-order valence-electron chi connectivity index (χ1n) is 8.57. The van der Waals surface area contributed by atoms with Crippen molar-refractivity contribution in [3.05, 3.63) is 59.7 Å². The van der Waals surface area contributed by atoms with Crippen molar-refractivity contribution in [2.24, 2.45) is 5.16 Å². The fourth-order valence-electron chi connectivity index (χ4n) is 2.58. The zero-order chi connectivity index (χ0) is 20.0. The summed E-state index contributed by atoms with van der Waals surface area (Å²) in [6.45, 7) is 1.39. The van der Waals surface area contributed by atoms with E-state index in [1.54, 1.807) is 11.8 Å². The van der Waals surface area contributed by atoms with Crippen LogP contribution in [0.4, 0.5) is 0 Å². The highest BCUT2D eigenvalue weighted by Crippen LogP contribution is 2.18. The van der Waals surface area contributed by atoms with Crippen LogP contribution in [0.2, 0.25) is 0 Å². The quantitative estimate of drug-likeness (QED) is 0.309. The third-order valence-electron chi connectivity index (χ3n) is 4.15. The number of ether oxygens (including phenoxy) is 1. The van der Waals surface area contributed by atoms with Crippen molar-refractivity contribution in [1.82, 2.24) is 4.31 Å². The minimum atomic E-state index is -3.59. The molecular weight excluding hydrogens is 400 g/mol. The highest BCUT2D eigenvalue weighted by atomic mass is 32.2. The number of sulfonamides is 1. The lowest BCUT2D eigenvalue weighted by Crippen LogP contribution is -2.40. The molecule has 1 saturated heterocycles. The second-order valence-corrected chi connectivity index (χ2v) is 8.74. The standard InChI is InChI=1S/C19H20N2O5S2/c1-27-17-6-2-15(3-7-17)14-20-26-19(22)16-4-8-18(9-5-16)28(23,24)21-10-12-25-13-11-21/h2-9,14H,10-13H2,1H3. The largest absolute Gasteiger partial charge is 0.379 e. The molecule has 2 aromatic carbocycles. The molecule has 0 spiro atoms. The van der Waals surface area contributed by atoms with Gasteiger partial charge in [-0.25, -0.2) is 13.2 Å². The number of carbonyl (C=O) groups excluding carboxylic acids is 1. The Kier molecular flexibility index (Phi) is 6.84. The molecule has 28 heavy (non-hydrogen) atoms. The fraction of sp³-hybridized carbons (Fsp3) is 0.263. The predicted molar refractivity (Wildman–Crippen MR) is 107 cm³/mol. The van der Waals surface area contributed by atoms with Crippen LogP contribution in [0.25, 0.3) is 0 Å². The normalized spacial score (nSPS) is 15.6. The van der Waals surface area contributed by atoms with Gasteiger partial charge in [0.15, 0.2) is 0 Å². The molecule has 3 rings (SSSR count). The third-order valence-corrected chi connectivity index (χ3v) is 6.81. The summed E-state index contributed by atoms with van der Waals surface area (Å²) < 4.78 is 31.7. The second-order valence-electron chi connectivity index (χ2n) is 5.93. The van der Waals surface area contributed by atoms with Gasteiger partial charge in [-0.1, -0.05) is 17.3 Å². The Labute approximate surface area is 168 Å². The van der Waals surface area contributed by atoms with Gasteiger partial charge in [0, 0.05) is 18.0 Å². The highest BCUT2D eigenvalue weighted by Gasteiger charge is 2.26. The van der Waals surface area contributed by atoms with Gasteiger partial charge in [-0.3, -0.25) is 0 Å². The summed E-state index contributed by atoms with van der Waals surface area (Å²) >= 11 is 1.63. The lowest BCUT2D eigenvalue weighted by molar-refractivity contribution is 0.0519. The number of rotatable bonds is 6. The molecule has 0 aromatic heterocycles. The molecule has 148 valence electrons. The van der Waals surface area contributed by atoms with Gasteiger partial charge in [-0.05, 0) is 48.2 Å². The van der Waals surface area contributed by atoms with Crippen LogP contribution >= 0.6 is 11.8 Å². The third kappa shape index (κ3) is 4.99. The number of morpholine rings is 1. The number of carbonyl (C=O) groups is 1. The van der Waals surface area contributed by atoms with Crippen LogP contribution in [0.1, 0.15) is 15.9 Å². The number of hydrogen-bond acceptors (Lipinski definition) is 7. The Morgan fingerprint density at radius 1 is 1.11 bits per heavy atom. The molecule has 0 amide bonds. The molecule has 2 aromatic rings. The molecular formula is C19H20N2O5S2. The van der Waals surface area contributed by atoms with Gasteiger partial charge < -0.3 is 9.57 Å². The maximum Gasteiger partial charge on any atom is 0.365 e. The highest BCUT2D eigenvalue weighted by molar-refractivity contribution is 7.98. The summed E-state index contributed by atoms with van der Waals surface area (Å²) in [5.74, 6) is -0.660. The van der Waals surface area contributed by atoms with Crippen molar-refractivity contribution in [2.45, 2.75) is 9.79 Å². The number of benzene rings is 2. The minimum Gasteiger partial charge on any atom is -0.379 e. The van der Waals surface area contributed by atoms with Gasteiger partial charge in [0.25, 0.3) is 0 Å². The number of thioether (sulfide) groups is 1. The molecule has 0 N–H and O–H groups in total. The first-order valence-corrected chi connectivity index (χ1v) is 11.2. The van der Waals surface area contributed by atoms with E-state index in [1.807, 2.05) is 30.5 Å². The van der Waals surface area contributed by atoms with Crippen LogP contribution in [0.15, 0.2) is 63.5 Å². The molecule has 0 atom stereocenters. The predicted octanol–water partition coefficient (Wildman–Crippen LogP) is 2.62. The second kappa shape index (κ2) is 9.33. The Balaban J connectivity index is 1.62. The number of hydrogen-bond donors (Lipinski definition) is 0. The maximum absolute atomic E-state index is 12.6. The van der Waals surface area contributed by atoms with E-state index < -0.39 is 16.0 Å². The zero-order valence-electron chi connectivity index (χ0n) is 15.3. The van der Waals surface area contributed by atoms with Gasteiger partial charge in [-0.2, -0.15) is 4.31 Å². The van der Waals surface area contributed by atoms with Crippen molar-refractivity contribution in [2.75, 3.05) is 32.6 Å². The molecule has 0 saturated carbocycles. The Bertz CT molecular complexity index is 935. The topological polar surface area (TPSA) is 85.3 Å². The Morgan fingerprint density at radius 2 is 1.75 bits per heavy atom. The van der Waals surface area contributed by atoms with Crippen LogP contribution in [0, 0.1) is 0 Å². The lowest BCUT2D eigenvalue weighted by atomic mass is 10.2. The Hall–Kier alpha value is -2.20. The van der Waals surface area contributed by atoms with Crippen LogP contribution < -0.4 is 0 Å². The molecule has 1 aliphatic rings. The minimum absolute atomic E-state index is 0.128. The molecule has 9 heteroatoms. The molecule has 0 aliphatic carbocycles. The Morgan fingerprint density at radius 3 is 2.36 bits per heavy atom. The van der Waals surface area contributed by atoms with Gasteiger partial charge in [0.05, 0.1) is 29.9 Å². The monoisotopic (exact) mass is 420 g/mol. The summed E-state index contributed by atoms with van der Waals surface area (Å²) in [5, 5.41) is 3.70. The van der Waals surface area contributed by atoms with Crippen molar-refractivity contribution in [3.8, 4) is 0 Å². The average molecular weight is 421 g/mol. The molecule has 1 aliphatic heterocycles. The van der Waals surface area contributed by atoms with Gasteiger partial charge in [0.1, 0.15) is 0 Å². The van der Waals surface area contributed by atoms with E-state index in [-0.39, 0.29) is 10.5 Å². The summed E-state index contributed by atoms with van der Waals surface area (Å²) in [4.78, 5) is 18.2. The lowest BCUT2D eigenvalue weighted by Gasteiger charge is -2.26. The van der Waals surface area contributed by atoms with Crippen LogP contribution in [-0.2, 0) is 19.6 Å². The van der Waals surface area contributed by atoms with E-state index in [1.165, 1.54) is 34.8 Å². The molecule has 1 heterocycles. The van der Waals surface area contributed by atoms with Crippen molar-refractivity contribution in [1.29, 1.82) is 0 Å². The van der Waals surface area contributed by atoms with Crippen LogP contribution in [0.5, 0.6) is 0 Å². The fourth-order valence-corrected chi connectivity index (χ4v) is 4.39. The first kappa shape index (κ1) is 20.5. The van der Waals surface area contributed by atoms with Gasteiger partial charge >= 0.3 is 5.97 Å². The van der Waals surface area contributed by atoms with Gasteiger partial charge in [-0.15, -0.1) is 11.8 Å². The molecule has 0 bridgehead atoms. The van der Waals surface area contributed by atoms with E-state index in [0.717, 1.165) is 10.5 Å². The van der Waals surface area contributed by atoms with E-state index in [0.29, 0.717) is 26.3 Å².